The Morgan fingerprint density at radius 3 is 2.32 bits per heavy atom. The Morgan fingerprint density at radius 2 is 1.68 bits per heavy atom. The number of piperidine rings is 1. The molecule has 182 valence electrons. The lowest BCUT2D eigenvalue weighted by molar-refractivity contribution is -0.122. The molecule has 2 aromatic rings. The van der Waals surface area contributed by atoms with Crippen LogP contribution in [0.5, 0.6) is 0 Å². The number of aliphatic hydroxyl groups is 2. The molecule has 2 aliphatic rings. The van der Waals surface area contributed by atoms with Gasteiger partial charge in [-0.15, -0.1) is 0 Å². The molecule has 0 aliphatic carbocycles. The summed E-state index contributed by atoms with van der Waals surface area (Å²) in [4.78, 5) is 26.6. The summed E-state index contributed by atoms with van der Waals surface area (Å²) >= 11 is 0. The summed E-state index contributed by atoms with van der Waals surface area (Å²) in [7, 11) is 0. The van der Waals surface area contributed by atoms with E-state index in [0.717, 1.165) is 0 Å². The number of fused-ring (bicyclic) bond motifs is 1. The number of hydrogen-bond acceptors (Lipinski definition) is 5. The van der Waals surface area contributed by atoms with E-state index in [2.05, 4.69) is 16.7 Å². The summed E-state index contributed by atoms with van der Waals surface area (Å²) in [5.74, 6) is -0.698. The van der Waals surface area contributed by atoms with Crippen molar-refractivity contribution in [3.63, 3.8) is 0 Å². The summed E-state index contributed by atoms with van der Waals surface area (Å²) in [6.45, 7) is 0.832. The minimum atomic E-state index is -2.84. The van der Waals surface area contributed by atoms with Crippen molar-refractivity contribution in [2.45, 2.75) is 50.0 Å². The molecule has 0 bridgehead atoms. The third kappa shape index (κ3) is 5.27. The Hall–Kier alpha value is -2.88. The second-order valence-corrected chi connectivity index (χ2v) is 9.01. The van der Waals surface area contributed by atoms with E-state index in [1.165, 1.54) is 40.3 Å². The fourth-order valence-electron chi connectivity index (χ4n) is 4.45. The first kappa shape index (κ1) is 24.3. The average molecular weight is 474 g/mol. The van der Waals surface area contributed by atoms with Crippen LogP contribution >= 0.6 is 0 Å². The van der Waals surface area contributed by atoms with Gasteiger partial charge < -0.3 is 25.7 Å². The maximum atomic E-state index is 12.9. The zero-order chi connectivity index (χ0) is 24.3. The molecule has 4 N–H and O–H groups in total. The van der Waals surface area contributed by atoms with Gasteiger partial charge in [-0.05, 0) is 54.7 Å². The van der Waals surface area contributed by atoms with Crippen LogP contribution in [0.2, 0.25) is 0 Å². The summed E-state index contributed by atoms with van der Waals surface area (Å²) in [5, 5.41) is 26.4. The molecule has 1 saturated heterocycles. The first-order valence-corrected chi connectivity index (χ1v) is 11.4. The first-order chi connectivity index (χ1) is 16.3. The summed E-state index contributed by atoms with van der Waals surface area (Å²) in [5.41, 5.74) is 1.03. The van der Waals surface area contributed by atoms with Crippen molar-refractivity contribution < 1.29 is 28.6 Å². The number of nitrogens with one attached hydrogen (secondary N) is 2. The van der Waals surface area contributed by atoms with Crippen LogP contribution in [0.3, 0.4) is 0 Å². The zero-order valence-corrected chi connectivity index (χ0v) is 18.7. The number of rotatable bonds is 6. The van der Waals surface area contributed by atoms with Gasteiger partial charge in [0.15, 0.2) is 0 Å². The number of carbonyl (C=O) groups is 2. The zero-order valence-electron chi connectivity index (χ0n) is 18.7. The normalized spacial score (nSPS) is 20.5. The van der Waals surface area contributed by atoms with Gasteiger partial charge in [0.05, 0.1) is 6.10 Å². The Balaban J connectivity index is 1.27. The number of nitrogens with zero attached hydrogens (tertiary/aromatic N) is 1. The largest absolute Gasteiger partial charge is 0.390 e. The lowest BCUT2D eigenvalue weighted by Crippen LogP contribution is -2.50. The molecule has 34 heavy (non-hydrogen) atoms. The lowest BCUT2D eigenvalue weighted by atomic mass is 9.91. The average Bonchev–Trinajstić information content (AvgIpc) is 2.86. The van der Waals surface area contributed by atoms with E-state index in [0.29, 0.717) is 24.1 Å². The minimum absolute atomic E-state index is 0.0411. The molecular weight excluding hydrogens is 444 g/mol. The predicted molar refractivity (Wildman–Crippen MR) is 122 cm³/mol. The molecular formula is C25H29F2N3O4. The number of amides is 2. The SMILES string of the molecule is O=C(NCC(O)[C@@H]1Cc2ccccc2CN1)c1ccc(C(=O)N2CCC(O)(C(F)F)CC2)cc1. The standard InChI is InChI=1S/C25H29F2N3O4/c26-24(27)25(34)9-11-30(12-10-25)23(33)17-7-5-16(6-8-17)22(32)29-15-21(31)20-13-18-3-1-2-4-19(18)14-28-20/h1-8,20-21,24,28,31,34H,9-15H2,(H,29,32)/t20-,21?/m0/s1. The van der Waals surface area contributed by atoms with Gasteiger partial charge in [-0.1, -0.05) is 24.3 Å². The minimum Gasteiger partial charge on any atom is -0.390 e. The van der Waals surface area contributed by atoms with Crippen molar-refractivity contribution in [2.24, 2.45) is 0 Å². The quantitative estimate of drug-likeness (QED) is 0.512. The molecule has 0 radical (unpaired) electrons. The van der Waals surface area contributed by atoms with Crippen LogP contribution in [0.4, 0.5) is 8.78 Å². The maximum Gasteiger partial charge on any atom is 0.266 e. The maximum absolute atomic E-state index is 12.9. The van der Waals surface area contributed by atoms with Crippen molar-refractivity contribution in [3.05, 3.63) is 70.8 Å². The molecule has 2 amide bonds. The van der Waals surface area contributed by atoms with E-state index in [9.17, 15) is 28.6 Å². The molecule has 1 unspecified atom stereocenters. The van der Waals surface area contributed by atoms with E-state index < -0.39 is 18.1 Å². The topological polar surface area (TPSA) is 102 Å². The summed E-state index contributed by atoms with van der Waals surface area (Å²) in [6.07, 6.45) is -3.29. The number of aliphatic hydroxyl groups excluding tert-OH is 1. The fourth-order valence-corrected chi connectivity index (χ4v) is 4.45. The van der Waals surface area contributed by atoms with E-state index in [1.807, 2.05) is 18.2 Å². The van der Waals surface area contributed by atoms with Crippen LogP contribution in [0.1, 0.15) is 44.7 Å². The molecule has 0 saturated carbocycles. The van der Waals surface area contributed by atoms with Gasteiger partial charge >= 0.3 is 0 Å². The van der Waals surface area contributed by atoms with Crippen molar-refractivity contribution in [1.82, 2.24) is 15.5 Å². The van der Waals surface area contributed by atoms with Gasteiger partial charge in [0.1, 0.15) is 5.60 Å². The molecule has 2 atom stereocenters. The monoisotopic (exact) mass is 473 g/mol. The van der Waals surface area contributed by atoms with Crippen LogP contribution < -0.4 is 10.6 Å². The Labute approximate surface area is 196 Å². The highest BCUT2D eigenvalue weighted by Gasteiger charge is 2.41. The van der Waals surface area contributed by atoms with E-state index in [4.69, 9.17) is 0 Å². The van der Waals surface area contributed by atoms with Crippen molar-refractivity contribution in [2.75, 3.05) is 19.6 Å². The van der Waals surface area contributed by atoms with Crippen LogP contribution in [-0.2, 0) is 13.0 Å². The van der Waals surface area contributed by atoms with Crippen molar-refractivity contribution >= 4 is 11.8 Å². The number of alkyl halides is 2. The second kappa shape index (κ2) is 10.2. The van der Waals surface area contributed by atoms with Gasteiger partial charge in [0.25, 0.3) is 18.2 Å². The van der Waals surface area contributed by atoms with Crippen LogP contribution in [0, 0.1) is 0 Å². The van der Waals surface area contributed by atoms with Gasteiger partial charge in [-0.2, -0.15) is 0 Å². The molecule has 0 aromatic heterocycles. The molecule has 0 spiro atoms. The Morgan fingerprint density at radius 1 is 1.06 bits per heavy atom. The molecule has 2 aromatic carbocycles. The van der Waals surface area contributed by atoms with E-state index in [1.54, 1.807) is 0 Å². The number of halogens is 2. The lowest BCUT2D eigenvalue weighted by Gasteiger charge is -2.37. The highest BCUT2D eigenvalue weighted by atomic mass is 19.3. The molecule has 2 heterocycles. The van der Waals surface area contributed by atoms with Crippen LogP contribution in [0.15, 0.2) is 48.5 Å². The smallest absolute Gasteiger partial charge is 0.266 e. The second-order valence-electron chi connectivity index (χ2n) is 9.01. The predicted octanol–water partition coefficient (Wildman–Crippen LogP) is 1.72. The number of likely N-dealkylation sites (tertiary alicyclic amines) is 1. The van der Waals surface area contributed by atoms with Crippen LogP contribution in [-0.4, -0.2) is 70.7 Å². The highest BCUT2D eigenvalue weighted by molar-refractivity contribution is 5.97. The van der Waals surface area contributed by atoms with Crippen LogP contribution in [0.25, 0.3) is 0 Å². The molecule has 4 rings (SSSR count). The highest BCUT2D eigenvalue weighted by Crippen LogP contribution is 2.29. The fraction of sp³-hybridized carbons (Fsp3) is 0.440. The summed E-state index contributed by atoms with van der Waals surface area (Å²) < 4.78 is 25.9. The van der Waals surface area contributed by atoms with Gasteiger partial charge in [0.2, 0.25) is 0 Å². The van der Waals surface area contributed by atoms with Gasteiger partial charge in [0, 0.05) is 43.3 Å². The Bertz CT molecular complexity index is 1020. The molecule has 9 heteroatoms. The summed E-state index contributed by atoms with van der Waals surface area (Å²) in [6, 6.07) is 13.9. The third-order valence-corrected chi connectivity index (χ3v) is 6.77. The molecule has 2 aliphatic heterocycles. The number of benzene rings is 2. The number of carbonyl (C=O) groups excluding carboxylic acids is 2. The van der Waals surface area contributed by atoms with E-state index in [-0.39, 0.29) is 50.3 Å². The van der Waals surface area contributed by atoms with Crippen molar-refractivity contribution in [1.29, 1.82) is 0 Å². The number of hydrogen-bond donors (Lipinski definition) is 4. The first-order valence-electron chi connectivity index (χ1n) is 11.4. The van der Waals surface area contributed by atoms with Crippen molar-refractivity contribution in [3.8, 4) is 0 Å². The molecule has 7 nitrogen and oxygen atoms in total. The third-order valence-electron chi connectivity index (χ3n) is 6.77. The molecule has 1 fully saturated rings. The Kier molecular flexibility index (Phi) is 7.25. The van der Waals surface area contributed by atoms with E-state index >= 15 is 0 Å². The van der Waals surface area contributed by atoms with Gasteiger partial charge in [-0.25, -0.2) is 8.78 Å². The van der Waals surface area contributed by atoms with Gasteiger partial charge in [-0.3, -0.25) is 9.59 Å².